The summed E-state index contributed by atoms with van der Waals surface area (Å²) in [5, 5.41) is 2.34. The molecule has 11 heteroatoms. The molecule has 186 valence electrons. The van der Waals surface area contributed by atoms with Crippen LogP contribution in [0.1, 0.15) is 33.6 Å². The summed E-state index contributed by atoms with van der Waals surface area (Å²) in [7, 11) is 1.38. The summed E-state index contributed by atoms with van der Waals surface area (Å²) in [6.07, 6.45) is -4.33. The zero-order valence-corrected chi connectivity index (χ0v) is 20.0. The van der Waals surface area contributed by atoms with Crippen LogP contribution in [0.2, 0.25) is 0 Å². The van der Waals surface area contributed by atoms with E-state index in [0.29, 0.717) is 22.9 Å². The Morgan fingerprint density at radius 1 is 1.24 bits per heavy atom. The van der Waals surface area contributed by atoms with E-state index < -0.39 is 23.7 Å². The van der Waals surface area contributed by atoms with Gasteiger partial charge < -0.3 is 18.5 Å². The van der Waals surface area contributed by atoms with Gasteiger partial charge in [0.25, 0.3) is 0 Å². The molecule has 6 nitrogen and oxygen atoms in total. The van der Waals surface area contributed by atoms with Crippen molar-refractivity contribution in [2.24, 2.45) is 0 Å². The number of alkyl halides is 3. The minimum absolute atomic E-state index is 0.0938. The molecular weight excluding hydrogens is 476 g/mol. The molecule has 3 rings (SSSR count). The van der Waals surface area contributed by atoms with Crippen LogP contribution in [-0.2, 0) is 4.74 Å². The molecule has 1 atom stereocenters. The van der Waals surface area contributed by atoms with Crippen molar-refractivity contribution >= 4 is 29.4 Å². The number of ether oxygens (including phenoxy) is 3. The van der Waals surface area contributed by atoms with E-state index in [1.54, 1.807) is 24.3 Å². The van der Waals surface area contributed by atoms with Crippen molar-refractivity contribution in [3.05, 3.63) is 42.2 Å². The first-order valence-electron chi connectivity index (χ1n) is 10.6. The van der Waals surface area contributed by atoms with Crippen LogP contribution in [-0.4, -0.2) is 37.6 Å². The van der Waals surface area contributed by atoms with E-state index in [0.717, 1.165) is 26.7 Å². The number of rotatable bonds is 7. The molecule has 2 aromatic rings. The summed E-state index contributed by atoms with van der Waals surface area (Å²) in [5.41, 5.74) is -1.80. The molecule has 1 amide bonds. The fraction of sp³-hybridized carbons (Fsp3) is 0.435. The zero-order valence-electron chi connectivity index (χ0n) is 19.2. The van der Waals surface area contributed by atoms with Gasteiger partial charge in [-0.25, -0.2) is 9.18 Å². The average Bonchev–Trinajstić information content (AvgIpc) is 2.74. The number of amides is 1. The number of hydrogen-bond acceptors (Lipinski definition) is 6. The third-order valence-corrected chi connectivity index (χ3v) is 6.15. The Balaban J connectivity index is 1.84. The van der Waals surface area contributed by atoms with Gasteiger partial charge in [-0.15, -0.1) is 0 Å². The van der Waals surface area contributed by atoms with Crippen molar-refractivity contribution in [1.29, 1.82) is 0 Å². The molecule has 1 aliphatic rings. The third-order valence-electron chi connectivity index (χ3n) is 5.12. The minimum atomic E-state index is -4.72. The molecule has 0 spiro atoms. The number of fused-ring (bicyclic) bond motifs is 1. The lowest BCUT2D eigenvalue weighted by Crippen LogP contribution is -2.44. The van der Waals surface area contributed by atoms with Crippen LogP contribution < -0.4 is 19.1 Å². The van der Waals surface area contributed by atoms with E-state index in [1.165, 1.54) is 31.2 Å². The highest BCUT2D eigenvalue weighted by Gasteiger charge is 2.51. The van der Waals surface area contributed by atoms with E-state index in [4.69, 9.17) is 9.47 Å². The summed E-state index contributed by atoms with van der Waals surface area (Å²) >= 11 is 1.33. The Morgan fingerprint density at radius 3 is 2.62 bits per heavy atom. The topological polar surface area (TPSA) is 60.0 Å². The molecule has 0 aliphatic carbocycles. The van der Waals surface area contributed by atoms with Gasteiger partial charge in [0.15, 0.2) is 11.6 Å². The SMILES string of the molecule is CCC[C@H]1CN(Sc2ccc(F)c(OC)c2)c2cc(NC(=O)OC(C)(C)C(F)(F)F)ccc2O1. The van der Waals surface area contributed by atoms with Gasteiger partial charge in [-0.05, 0) is 68.6 Å². The first-order chi connectivity index (χ1) is 15.9. The second kappa shape index (κ2) is 10.2. The number of benzene rings is 2. The maximum absolute atomic E-state index is 13.8. The number of nitrogens with zero attached hydrogens (tertiary/aromatic N) is 1. The van der Waals surface area contributed by atoms with E-state index in [-0.39, 0.29) is 17.5 Å². The largest absolute Gasteiger partial charge is 0.494 e. The highest BCUT2D eigenvalue weighted by Crippen LogP contribution is 2.42. The zero-order chi connectivity index (χ0) is 25.1. The Morgan fingerprint density at radius 2 is 1.97 bits per heavy atom. The molecule has 0 aromatic heterocycles. The predicted molar refractivity (Wildman–Crippen MR) is 122 cm³/mol. The van der Waals surface area contributed by atoms with Crippen molar-refractivity contribution in [3.63, 3.8) is 0 Å². The molecule has 0 bridgehead atoms. The number of carbonyl (C=O) groups excluding carboxylic acids is 1. The number of carbonyl (C=O) groups is 1. The molecule has 2 aromatic carbocycles. The maximum atomic E-state index is 13.8. The van der Waals surface area contributed by atoms with Gasteiger partial charge in [0.05, 0.1) is 19.3 Å². The van der Waals surface area contributed by atoms with Crippen LogP contribution in [0.5, 0.6) is 11.5 Å². The average molecular weight is 503 g/mol. The second-order valence-corrected chi connectivity index (χ2v) is 9.28. The summed E-state index contributed by atoms with van der Waals surface area (Å²) in [6, 6.07) is 9.25. The Hall–Kier alpha value is -2.82. The number of nitrogens with one attached hydrogen (secondary N) is 1. The standard InChI is InChI=1S/C23H26F4N2O4S/c1-5-6-15-13-29(34-16-8-9-17(24)20(12-16)31-4)18-11-14(7-10-19(18)32-15)28-21(30)33-22(2,3)23(25,26)27/h7-12,15H,5-6,13H2,1-4H3,(H,28,30)/t15-/m0/s1. The molecule has 1 N–H and O–H groups in total. The molecule has 0 unspecified atom stereocenters. The summed E-state index contributed by atoms with van der Waals surface area (Å²) in [6.45, 7) is 4.09. The van der Waals surface area contributed by atoms with Gasteiger partial charge in [-0.2, -0.15) is 13.2 Å². The predicted octanol–water partition coefficient (Wildman–Crippen LogP) is 6.80. The maximum Gasteiger partial charge on any atom is 0.427 e. The van der Waals surface area contributed by atoms with E-state index >= 15 is 0 Å². The van der Waals surface area contributed by atoms with Gasteiger partial charge in [0.2, 0.25) is 5.60 Å². The van der Waals surface area contributed by atoms with Crippen LogP contribution in [0.4, 0.5) is 33.7 Å². The Bertz CT molecular complexity index is 1030. The van der Waals surface area contributed by atoms with Gasteiger partial charge >= 0.3 is 12.3 Å². The van der Waals surface area contributed by atoms with Crippen LogP contribution >= 0.6 is 11.9 Å². The Labute approximate surface area is 199 Å². The number of halogens is 4. The monoisotopic (exact) mass is 502 g/mol. The first kappa shape index (κ1) is 25.8. The summed E-state index contributed by atoms with van der Waals surface area (Å²) in [4.78, 5) is 12.8. The lowest BCUT2D eigenvalue weighted by atomic mass is 10.1. The van der Waals surface area contributed by atoms with Gasteiger partial charge in [-0.3, -0.25) is 5.32 Å². The quantitative estimate of drug-likeness (QED) is 0.332. The van der Waals surface area contributed by atoms with Gasteiger partial charge in [0.1, 0.15) is 11.9 Å². The molecule has 0 radical (unpaired) electrons. The first-order valence-corrected chi connectivity index (χ1v) is 11.4. The summed E-state index contributed by atoms with van der Waals surface area (Å²) in [5.74, 6) is 0.180. The third kappa shape index (κ3) is 5.99. The number of methoxy groups -OCH3 is 1. The smallest absolute Gasteiger partial charge is 0.427 e. The van der Waals surface area contributed by atoms with Crippen LogP contribution in [0.15, 0.2) is 41.3 Å². The number of hydrogen-bond donors (Lipinski definition) is 1. The fourth-order valence-electron chi connectivity index (χ4n) is 3.21. The highest BCUT2D eigenvalue weighted by atomic mass is 32.2. The van der Waals surface area contributed by atoms with Crippen molar-refractivity contribution < 1.29 is 36.6 Å². The Kier molecular flexibility index (Phi) is 7.74. The molecule has 1 heterocycles. The molecule has 0 fully saturated rings. The van der Waals surface area contributed by atoms with Crippen LogP contribution in [0, 0.1) is 5.82 Å². The van der Waals surface area contributed by atoms with Crippen molar-refractivity contribution in [3.8, 4) is 11.5 Å². The molecule has 34 heavy (non-hydrogen) atoms. The van der Waals surface area contributed by atoms with Crippen molar-refractivity contribution in [1.82, 2.24) is 0 Å². The van der Waals surface area contributed by atoms with E-state index in [1.807, 2.05) is 11.2 Å². The fourth-order valence-corrected chi connectivity index (χ4v) is 4.23. The normalized spacial score (nSPS) is 15.9. The van der Waals surface area contributed by atoms with Crippen LogP contribution in [0.25, 0.3) is 0 Å². The lowest BCUT2D eigenvalue weighted by molar-refractivity contribution is -0.242. The molecule has 0 saturated carbocycles. The van der Waals surface area contributed by atoms with Gasteiger partial charge in [0, 0.05) is 10.6 Å². The molecular formula is C23H26F4N2O4S. The second-order valence-electron chi connectivity index (χ2n) is 8.18. The van der Waals surface area contributed by atoms with Crippen LogP contribution in [0.3, 0.4) is 0 Å². The highest BCUT2D eigenvalue weighted by molar-refractivity contribution is 8.00. The van der Waals surface area contributed by atoms with Crippen molar-refractivity contribution in [2.45, 2.75) is 56.4 Å². The molecule has 0 saturated heterocycles. The van der Waals surface area contributed by atoms with Crippen molar-refractivity contribution in [2.75, 3.05) is 23.3 Å². The van der Waals surface area contributed by atoms with E-state index in [2.05, 4.69) is 10.1 Å². The summed E-state index contributed by atoms with van der Waals surface area (Å²) < 4.78 is 70.5. The number of anilines is 2. The van der Waals surface area contributed by atoms with E-state index in [9.17, 15) is 22.4 Å². The minimum Gasteiger partial charge on any atom is -0.494 e. The molecule has 1 aliphatic heterocycles. The van der Waals surface area contributed by atoms with Gasteiger partial charge in [-0.1, -0.05) is 13.3 Å². The lowest BCUT2D eigenvalue weighted by Gasteiger charge is -2.35.